The molecule has 0 saturated carbocycles. The van der Waals surface area contributed by atoms with Gasteiger partial charge in [0.05, 0.1) is 12.8 Å². The number of rotatable bonds is 6. The van der Waals surface area contributed by atoms with E-state index in [2.05, 4.69) is 10.5 Å². The molecule has 1 atom stereocenters. The van der Waals surface area contributed by atoms with Crippen molar-refractivity contribution in [3.63, 3.8) is 0 Å². The number of nitrogens with one attached hydrogen (secondary N) is 1. The van der Waals surface area contributed by atoms with E-state index in [0.717, 1.165) is 5.56 Å². The van der Waals surface area contributed by atoms with Gasteiger partial charge in [0.1, 0.15) is 17.4 Å². The minimum atomic E-state index is -1.19. The maximum Gasteiger partial charge on any atom is 0.408 e. The number of hydrogen-bond acceptors (Lipinski definition) is 6. The fourth-order valence-electron chi connectivity index (χ4n) is 2.16. The van der Waals surface area contributed by atoms with Crippen LogP contribution < -0.4 is 10.1 Å². The molecule has 0 saturated heterocycles. The van der Waals surface area contributed by atoms with E-state index in [-0.39, 0.29) is 6.42 Å². The van der Waals surface area contributed by atoms with E-state index < -0.39 is 23.7 Å². The molecule has 0 bridgehead atoms. The van der Waals surface area contributed by atoms with Gasteiger partial charge in [-0.3, -0.25) is 0 Å². The third-order valence-electron chi connectivity index (χ3n) is 3.34. The number of carboxylic acid groups (broad SMARTS) is 1. The average molecular weight is 362 g/mol. The molecular formula is C18H22N2O6. The molecule has 1 unspecified atom stereocenters. The van der Waals surface area contributed by atoms with Crippen LogP contribution in [0.4, 0.5) is 4.79 Å². The third-order valence-corrected chi connectivity index (χ3v) is 3.34. The Balaban J connectivity index is 2.06. The molecule has 0 fully saturated rings. The van der Waals surface area contributed by atoms with Crippen molar-refractivity contribution < 1.29 is 28.7 Å². The van der Waals surface area contributed by atoms with Gasteiger partial charge in [-0.1, -0.05) is 5.16 Å². The summed E-state index contributed by atoms with van der Waals surface area (Å²) in [7, 11) is 1.57. The van der Waals surface area contributed by atoms with Crippen LogP contribution in [0.3, 0.4) is 0 Å². The normalized spacial score (nSPS) is 12.3. The molecule has 8 nitrogen and oxygen atoms in total. The van der Waals surface area contributed by atoms with Crippen molar-refractivity contribution in [1.29, 1.82) is 0 Å². The Morgan fingerprint density at radius 3 is 2.46 bits per heavy atom. The Bertz CT molecular complexity index is 761. The zero-order valence-electron chi connectivity index (χ0n) is 15.1. The van der Waals surface area contributed by atoms with E-state index in [4.69, 9.17) is 14.0 Å². The smallest absolute Gasteiger partial charge is 0.408 e. The van der Waals surface area contributed by atoms with E-state index in [9.17, 15) is 14.7 Å². The van der Waals surface area contributed by atoms with Gasteiger partial charge in [-0.05, 0) is 45.0 Å². The highest BCUT2D eigenvalue weighted by Gasteiger charge is 2.25. The molecule has 0 radical (unpaired) electrons. The molecule has 0 aliphatic heterocycles. The molecule has 1 heterocycles. The van der Waals surface area contributed by atoms with E-state index in [0.29, 0.717) is 17.2 Å². The molecule has 0 spiro atoms. The highest BCUT2D eigenvalue weighted by molar-refractivity contribution is 5.80. The Labute approximate surface area is 151 Å². The van der Waals surface area contributed by atoms with Gasteiger partial charge in [0.15, 0.2) is 5.76 Å². The predicted octanol–water partition coefficient (Wildman–Crippen LogP) is 2.87. The Morgan fingerprint density at radius 1 is 1.27 bits per heavy atom. The average Bonchev–Trinajstić information content (AvgIpc) is 3.01. The minimum absolute atomic E-state index is 0.0335. The van der Waals surface area contributed by atoms with E-state index in [1.54, 1.807) is 58.2 Å². The lowest BCUT2D eigenvalue weighted by atomic mass is 10.1. The predicted molar refractivity (Wildman–Crippen MR) is 93.0 cm³/mol. The van der Waals surface area contributed by atoms with Crippen LogP contribution in [0.5, 0.6) is 5.75 Å². The number of carboxylic acids is 1. The van der Waals surface area contributed by atoms with Crippen LogP contribution in [0, 0.1) is 0 Å². The molecule has 2 rings (SSSR count). The number of ether oxygens (including phenoxy) is 2. The Hall–Kier alpha value is -3.03. The number of carbonyl (C=O) groups excluding carboxylic acids is 1. The first-order valence-corrected chi connectivity index (χ1v) is 8.00. The molecule has 0 aliphatic carbocycles. The van der Waals surface area contributed by atoms with Crippen molar-refractivity contribution in [3.8, 4) is 17.1 Å². The van der Waals surface area contributed by atoms with Crippen molar-refractivity contribution in [2.75, 3.05) is 7.11 Å². The molecule has 140 valence electrons. The first-order valence-electron chi connectivity index (χ1n) is 8.00. The summed E-state index contributed by atoms with van der Waals surface area (Å²) >= 11 is 0. The number of alkyl carbamates (subject to hydrolysis) is 1. The molecule has 2 N–H and O–H groups in total. The molecule has 2 aromatic rings. The minimum Gasteiger partial charge on any atom is -0.497 e. The van der Waals surface area contributed by atoms with Crippen LogP contribution in [0.1, 0.15) is 26.5 Å². The van der Waals surface area contributed by atoms with Gasteiger partial charge in [0, 0.05) is 18.1 Å². The fraction of sp³-hybridized carbons (Fsp3) is 0.389. The second-order valence-corrected chi connectivity index (χ2v) is 6.65. The standard InChI is InChI=1S/C18H22N2O6/c1-18(2,3)25-17(23)19-14(16(21)22)9-12-10-15(26-20-12)11-5-7-13(24-4)8-6-11/h5-8,10,14H,9H2,1-4H3,(H,19,23)(H,21,22). The molecule has 0 aliphatic rings. The van der Waals surface area contributed by atoms with Crippen LogP contribution in [-0.2, 0) is 16.0 Å². The van der Waals surface area contributed by atoms with Crippen LogP contribution in [0.15, 0.2) is 34.9 Å². The number of carbonyl (C=O) groups is 2. The molecule has 1 aromatic heterocycles. The quantitative estimate of drug-likeness (QED) is 0.813. The fourth-order valence-corrected chi connectivity index (χ4v) is 2.16. The zero-order valence-corrected chi connectivity index (χ0v) is 15.1. The number of hydrogen-bond donors (Lipinski definition) is 2. The second kappa shape index (κ2) is 7.90. The summed E-state index contributed by atoms with van der Waals surface area (Å²) in [5, 5.41) is 15.5. The summed E-state index contributed by atoms with van der Waals surface area (Å²) in [5.41, 5.74) is 0.457. The highest BCUT2D eigenvalue weighted by Crippen LogP contribution is 2.23. The van der Waals surface area contributed by atoms with Crippen LogP contribution in [-0.4, -0.2) is 41.1 Å². The van der Waals surface area contributed by atoms with Gasteiger partial charge in [-0.25, -0.2) is 9.59 Å². The summed E-state index contributed by atoms with van der Waals surface area (Å²) < 4.78 is 15.4. The van der Waals surface area contributed by atoms with Gasteiger partial charge in [-0.15, -0.1) is 0 Å². The number of benzene rings is 1. The number of methoxy groups -OCH3 is 1. The number of aliphatic carboxylic acids is 1. The molecule has 26 heavy (non-hydrogen) atoms. The van der Waals surface area contributed by atoms with Crippen molar-refractivity contribution in [3.05, 3.63) is 36.0 Å². The maximum absolute atomic E-state index is 11.8. The number of nitrogens with zero attached hydrogens (tertiary/aromatic N) is 1. The number of amides is 1. The highest BCUT2D eigenvalue weighted by atomic mass is 16.6. The van der Waals surface area contributed by atoms with Crippen molar-refractivity contribution in [2.24, 2.45) is 0 Å². The lowest BCUT2D eigenvalue weighted by Crippen LogP contribution is -2.44. The SMILES string of the molecule is COc1ccc(-c2cc(CC(NC(=O)OC(C)(C)C)C(=O)O)no2)cc1. The summed E-state index contributed by atoms with van der Waals surface area (Å²) in [6.07, 6.45) is -0.836. The lowest BCUT2D eigenvalue weighted by molar-refractivity contribution is -0.139. The third kappa shape index (κ3) is 5.51. The molecule has 8 heteroatoms. The molecule has 1 aromatic carbocycles. The van der Waals surface area contributed by atoms with Crippen LogP contribution in [0.2, 0.25) is 0 Å². The summed E-state index contributed by atoms with van der Waals surface area (Å²) in [6, 6.07) is 7.62. The Morgan fingerprint density at radius 2 is 1.92 bits per heavy atom. The molecule has 1 amide bonds. The van der Waals surface area contributed by atoms with Crippen LogP contribution >= 0.6 is 0 Å². The maximum atomic E-state index is 11.8. The molecular weight excluding hydrogens is 340 g/mol. The van der Waals surface area contributed by atoms with Gasteiger partial charge in [-0.2, -0.15) is 0 Å². The van der Waals surface area contributed by atoms with Crippen molar-refractivity contribution in [2.45, 2.75) is 38.8 Å². The van der Waals surface area contributed by atoms with E-state index >= 15 is 0 Å². The van der Waals surface area contributed by atoms with Crippen molar-refractivity contribution >= 4 is 12.1 Å². The largest absolute Gasteiger partial charge is 0.497 e. The summed E-state index contributed by atoms with van der Waals surface area (Å²) in [4.78, 5) is 23.2. The van der Waals surface area contributed by atoms with E-state index in [1.165, 1.54) is 0 Å². The number of aromatic nitrogens is 1. The van der Waals surface area contributed by atoms with Gasteiger partial charge in [0.2, 0.25) is 0 Å². The van der Waals surface area contributed by atoms with Crippen molar-refractivity contribution in [1.82, 2.24) is 10.5 Å². The van der Waals surface area contributed by atoms with Gasteiger partial charge in [0.25, 0.3) is 0 Å². The first kappa shape index (κ1) is 19.3. The van der Waals surface area contributed by atoms with Gasteiger partial charge < -0.3 is 24.4 Å². The van der Waals surface area contributed by atoms with Gasteiger partial charge >= 0.3 is 12.1 Å². The topological polar surface area (TPSA) is 111 Å². The summed E-state index contributed by atoms with van der Waals surface area (Å²) in [5.74, 6) is 0.00917. The summed E-state index contributed by atoms with van der Waals surface area (Å²) in [6.45, 7) is 5.09. The zero-order chi connectivity index (χ0) is 19.3. The monoisotopic (exact) mass is 362 g/mol. The first-order chi connectivity index (χ1) is 12.2. The van der Waals surface area contributed by atoms with Crippen LogP contribution in [0.25, 0.3) is 11.3 Å². The second-order valence-electron chi connectivity index (χ2n) is 6.65. The Kier molecular flexibility index (Phi) is 5.86. The van der Waals surface area contributed by atoms with E-state index in [1.807, 2.05) is 0 Å². The lowest BCUT2D eigenvalue weighted by Gasteiger charge is -2.21.